The summed E-state index contributed by atoms with van der Waals surface area (Å²) in [6.07, 6.45) is 3.09. The third kappa shape index (κ3) is 2.66. The van der Waals surface area contributed by atoms with Gasteiger partial charge in [0.15, 0.2) is 0 Å². The van der Waals surface area contributed by atoms with E-state index in [0.717, 1.165) is 12.8 Å². The Labute approximate surface area is 117 Å². The van der Waals surface area contributed by atoms with Crippen molar-refractivity contribution in [1.82, 2.24) is 0 Å². The number of ether oxygens (including phenoxy) is 1. The van der Waals surface area contributed by atoms with Crippen molar-refractivity contribution >= 4 is 23.2 Å². The van der Waals surface area contributed by atoms with Crippen molar-refractivity contribution in [3.8, 4) is 11.8 Å². The highest BCUT2D eigenvalue weighted by Crippen LogP contribution is 2.38. The van der Waals surface area contributed by atoms with Gasteiger partial charge in [-0.15, -0.1) is 0 Å². The summed E-state index contributed by atoms with van der Waals surface area (Å²) in [5.41, 5.74) is -0.302. The standard InChI is InChI=1S/C14H15ClN2O2/c1-19-12-5-4-10(8-11(12)15)17-13(18)14(9-16)6-2-3-7-14/h4-5,8H,2-3,6-7H2,1H3,(H,17,18). The lowest BCUT2D eigenvalue weighted by Gasteiger charge is -2.19. The van der Waals surface area contributed by atoms with Crippen LogP contribution < -0.4 is 10.1 Å². The number of benzene rings is 1. The zero-order valence-electron chi connectivity index (χ0n) is 10.7. The summed E-state index contributed by atoms with van der Waals surface area (Å²) in [5.74, 6) is 0.310. The Hall–Kier alpha value is -1.73. The molecule has 0 saturated heterocycles. The van der Waals surface area contributed by atoms with Crippen molar-refractivity contribution in [1.29, 1.82) is 5.26 Å². The van der Waals surface area contributed by atoms with E-state index in [9.17, 15) is 10.1 Å². The Bertz CT molecular complexity index is 531. The Balaban J connectivity index is 2.15. The molecule has 0 spiro atoms. The van der Waals surface area contributed by atoms with Gasteiger partial charge < -0.3 is 10.1 Å². The third-order valence-electron chi connectivity index (χ3n) is 3.52. The summed E-state index contributed by atoms with van der Waals surface area (Å²) < 4.78 is 5.05. The van der Waals surface area contributed by atoms with Crippen LogP contribution in [0.2, 0.25) is 5.02 Å². The molecule has 4 nitrogen and oxygen atoms in total. The van der Waals surface area contributed by atoms with Crippen molar-refractivity contribution < 1.29 is 9.53 Å². The molecule has 0 unspecified atom stereocenters. The number of anilines is 1. The predicted octanol–water partition coefficient (Wildman–Crippen LogP) is 3.37. The van der Waals surface area contributed by atoms with Gasteiger partial charge >= 0.3 is 0 Å². The van der Waals surface area contributed by atoms with Crippen LogP contribution in [0.5, 0.6) is 5.75 Å². The number of carbonyl (C=O) groups excluding carboxylic acids is 1. The first-order valence-corrected chi connectivity index (χ1v) is 6.55. The summed E-state index contributed by atoms with van der Waals surface area (Å²) >= 11 is 6.00. The van der Waals surface area contributed by atoms with Crippen molar-refractivity contribution in [2.24, 2.45) is 5.41 Å². The molecular formula is C14H15ClN2O2. The van der Waals surface area contributed by atoms with E-state index in [4.69, 9.17) is 16.3 Å². The molecule has 1 fully saturated rings. The lowest BCUT2D eigenvalue weighted by atomic mass is 9.87. The van der Waals surface area contributed by atoms with Crippen molar-refractivity contribution in [3.63, 3.8) is 0 Å². The Morgan fingerprint density at radius 1 is 1.47 bits per heavy atom. The number of rotatable bonds is 3. The van der Waals surface area contributed by atoms with Crippen LogP contribution in [0.3, 0.4) is 0 Å². The maximum atomic E-state index is 12.2. The van der Waals surface area contributed by atoms with Gasteiger partial charge in [0.05, 0.1) is 18.2 Å². The average Bonchev–Trinajstić information content (AvgIpc) is 2.89. The van der Waals surface area contributed by atoms with E-state index in [1.807, 2.05) is 0 Å². The number of hydrogen-bond acceptors (Lipinski definition) is 3. The molecule has 100 valence electrons. The maximum Gasteiger partial charge on any atom is 0.244 e. The molecule has 1 amide bonds. The lowest BCUT2D eigenvalue weighted by Crippen LogP contribution is -2.32. The van der Waals surface area contributed by atoms with E-state index in [-0.39, 0.29) is 5.91 Å². The molecule has 0 bridgehead atoms. The van der Waals surface area contributed by atoms with E-state index in [0.29, 0.717) is 29.3 Å². The van der Waals surface area contributed by atoms with Gasteiger partial charge in [-0.05, 0) is 31.0 Å². The van der Waals surface area contributed by atoms with Gasteiger partial charge in [-0.2, -0.15) is 5.26 Å². The first-order chi connectivity index (χ1) is 9.11. The number of nitrogens with zero attached hydrogens (tertiary/aromatic N) is 1. The molecule has 0 aromatic heterocycles. The quantitative estimate of drug-likeness (QED) is 0.922. The van der Waals surface area contributed by atoms with Gasteiger partial charge in [0.25, 0.3) is 0 Å². The average molecular weight is 279 g/mol. The largest absolute Gasteiger partial charge is 0.495 e. The minimum absolute atomic E-state index is 0.242. The SMILES string of the molecule is COc1ccc(NC(=O)C2(C#N)CCCC2)cc1Cl. The topological polar surface area (TPSA) is 62.1 Å². The van der Waals surface area contributed by atoms with Crippen LogP contribution >= 0.6 is 11.6 Å². The smallest absolute Gasteiger partial charge is 0.244 e. The van der Waals surface area contributed by atoms with E-state index in [1.165, 1.54) is 7.11 Å². The third-order valence-corrected chi connectivity index (χ3v) is 3.81. The first kappa shape index (κ1) is 13.7. The number of carbonyl (C=O) groups is 1. The lowest BCUT2D eigenvalue weighted by molar-refractivity contribution is -0.122. The van der Waals surface area contributed by atoms with Crippen LogP contribution in [0, 0.1) is 16.7 Å². The Morgan fingerprint density at radius 2 is 2.16 bits per heavy atom. The van der Waals surface area contributed by atoms with Gasteiger partial charge in [-0.25, -0.2) is 0 Å². The predicted molar refractivity (Wildman–Crippen MR) is 73.1 cm³/mol. The van der Waals surface area contributed by atoms with Crippen LogP contribution in [-0.2, 0) is 4.79 Å². The minimum Gasteiger partial charge on any atom is -0.495 e. The van der Waals surface area contributed by atoms with Crippen molar-refractivity contribution in [3.05, 3.63) is 23.2 Å². The molecule has 1 aliphatic rings. The zero-order chi connectivity index (χ0) is 13.9. The number of halogens is 1. The highest BCUT2D eigenvalue weighted by atomic mass is 35.5. The fourth-order valence-corrected chi connectivity index (χ4v) is 2.62. The molecule has 1 saturated carbocycles. The molecule has 1 aromatic rings. The Kier molecular flexibility index (Phi) is 3.96. The monoisotopic (exact) mass is 278 g/mol. The molecule has 5 heteroatoms. The number of hydrogen-bond donors (Lipinski definition) is 1. The Morgan fingerprint density at radius 3 is 2.68 bits per heavy atom. The second-order valence-corrected chi connectivity index (χ2v) is 5.11. The molecule has 0 heterocycles. The maximum absolute atomic E-state index is 12.2. The molecule has 0 atom stereocenters. The second kappa shape index (κ2) is 5.50. The van der Waals surface area contributed by atoms with Crippen molar-refractivity contribution in [2.45, 2.75) is 25.7 Å². The molecule has 2 rings (SSSR count). The summed E-state index contributed by atoms with van der Waals surface area (Å²) in [4.78, 5) is 12.2. The first-order valence-electron chi connectivity index (χ1n) is 6.17. The zero-order valence-corrected chi connectivity index (χ0v) is 11.5. The number of methoxy groups -OCH3 is 1. The van der Waals surface area contributed by atoms with Crippen LogP contribution in [0.25, 0.3) is 0 Å². The summed E-state index contributed by atoms with van der Waals surface area (Å²) in [6.45, 7) is 0. The molecule has 0 aliphatic heterocycles. The fourth-order valence-electron chi connectivity index (χ4n) is 2.36. The molecule has 1 N–H and O–H groups in total. The molecular weight excluding hydrogens is 264 g/mol. The summed E-state index contributed by atoms with van der Waals surface area (Å²) in [7, 11) is 1.53. The normalized spacial score (nSPS) is 16.7. The number of nitriles is 1. The molecule has 1 aliphatic carbocycles. The van der Waals surface area contributed by atoms with Gasteiger partial charge in [0.1, 0.15) is 11.2 Å². The van der Waals surface area contributed by atoms with Gasteiger partial charge in [0.2, 0.25) is 5.91 Å². The van der Waals surface area contributed by atoms with Crippen LogP contribution in [0.4, 0.5) is 5.69 Å². The highest BCUT2D eigenvalue weighted by Gasteiger charge is 2.41. The minimum atomic E-state index is -0.883. The van der Waals surface area contributed by atoms with Gasteiger partial charge in [-0.3, -0.25) is 4.79 Å². The van der Waals surface area contributed by atoms with E-state index < -0.39 is 5.41 Å². The van der Waals surface area contributed by atoms with E-state index in [2.05, 4.69) is 11.4 Å². The summed E-state index contributed by atoms with van der Waals surface area (Å²) in [6, 6.07) is 7.19. The van der Waals surface area contributed by atoms with Gasteiger partial charge in [-0.1, -0.05) is 24.4 Å². The number of nitrogens with one attached hydrogen (secondary N) is 1. The molecule has 1 aromatic carbocycles. The van der Waals surface area contributed by atoms with Crippen LogP contribution in [-0.4, -0.2) is 13.0 Å². The van der Waals surface area contributed by atoms with E-state index in [1.54, 1.807) is 18.2 Å². The fraction of sp³-hybridized carbons (Fsp3) is 0.429. The van der Waals surface area contributed by atoms with Gasteiger partial charge in [0, 0.05) is 5.69 Å². The van der Waals surface area contributed by atoms with Crippen molar-refractivity contribution in [2.75, 3.05) is 12.4 Å². The molecule has 0 radical (unpaired) electrons. The van der Waals surface area contributed by atoms with E-state index >= 15 is 0 Å². The number of amides is 1. The van der Waals surface area contributed by atoms with Crippen LogP contribution in [0.1, 0.15) is 25.7 Å². The second-order valence-electron chi connectivity index (χ2n) is 4.70. The van der Waals surface area contributed by atoms with Crippen LogP contribution in [0.15, 0.2) is 18.2 Å². The highest BCUT2D eigenvalue weighted by molar-refractivity contribution is 6.32. The summed E-state index contributed by atoms with van der Waals surface area (Å²) in [5, 5.41) is 12.4. The molecule has 19 heavy (non-hydrogen) atoms.